The zero-order valence-corrected chi connectivity index (χ0v) is 17.5. The van der Waals surface area contributed by atoms with Gasteiger partial charge in [0.25, 0.3) is 5.91 Å². The number of benzene rings is 2. The van der Waals surface area contributed by atoms with Crippen molar-refractivity contribution in [1.82, 2.24) is 4.98 Å². The number of carbonyl (C=O) groups excluding carboxylic acids is 1. The number of rotatable bonds is 7. The Hall–Kier alpha value is -3.52. The summed E-state index contributed by atoms with van der Waals surface area (Å²) in [6.45, 7) is 2.48. The van der Waals surface area contributed by atoms with Crippen LogP contribution in [0.4, 0.5) is 5.13 Å². The zero-order chi connectivity index (χ0) is 21.1. The fourth-order valence-corrected chi connectivity index (χ4v) is 3.72. The summed E-state index contributed by atoms with van der Waals surface area (Å²) >= 11 is 1.32. The molecule has 1 amide bonds. The number of ether oxygens (including phenoxy) is 3. The molecule has 7 nitrogen and oxygen atoms in total. The smallest absolute Gasteiger partial charge is 0.257 e. The number of nitrogens with one attached hydrogen (secondary N) is 1. The monoisotopic (exact) mass is 424 g/mol. The van der Waals surface area contributed by atoms with Crippen LogP contribution in [-0.4, -0.2) is 31.7 Å². The lowest BCUT2D eigenvalue weighted by Crippen LogP contribution is -2.11. The Morgan fingerprint density at radius 1 is 1.10 bits per heavy atom. The van der Waals surface area contributed by atoms with Crippen molar-refractivity contribution in [3.63, 3.8) is 0 Å². The Balaban J connectivity index is 1.55. The molecule has 0 aliphatic heterocycles. The van der Waals surface area contributed by atoms with E-state index < -0.39 is 0 Å². The van der Waals surface area contributed by atoms with Gasteiger partial charge in [0.1, 0.15) is 5.69 Å². The van der Waals surface area contributed by atoms with Crippen molar-refractivity contribution in [2.24, 2.45) is 0 Å². The summed E-state index contributed by atoms with van der Waals surface area (Å²) in [5, 5.41) is 6.04. The minimum absolute atomic E-state index is 0.292. The largest absolute Gasteiger partial charge is 0.493 e. The topological polar surface area (TPSA) is 82.8 Å². The number of thiazole rings is 1. The Kier molecular flexibility index (Phi) is 5.58. The highest BCUT2D eigenvalue weighted by Gasteiger charge is 2.16. The quantitative estimate of drug-likeness (QED) is 0.438. The molecule has 0 aliphatic rings. The van der Waals surface area contributed by atoms with E-state index >= 15 is 0 Å². The molecule has 4 aromatic rings. The van der Waals surface area contributed by atoms with Crippen LogP contribution in [0.25, 0.3) is 22.4 Å². The lowest BCUT2D eigenvalue weighted by atomic mass is 10.2. The van der Waals surface area contributed by atoms with Gasteiger partial charge < -0.3 is 18.6 Å². The van der Waals surface area contributed by atoms with Crippen LogP contribution in [0.1, 0.15) is 17.3 Å². The van der Waals surface area contributed by atoms with Crippen molar-refractivity contribution in [2.45, 2.75) is 6.92 Å². The highest BCUT2D eigenvalue weighted by molar-refractivity contribution is 7.14. The van der Waals surface area contributed by atoms with Gasteiger partial charge in [-0.05, 0) is 37.3 Å². The highest BCUT2D eigenvalue weighted by Crippen LogP contribution is 2.35. The average Bonchev–Trinajstić information content (AvgIpc) is 3.40. The molecule has 2 heterocycles. The maximum absolute atomic E-state index is 12.6. The number of nitrogens with zero attached hydrogens (tertiary/aromatic N) is 1. The number of methoxy groups -OCH3 is 2. The molecule has 0 spiro atoms. The fourth-order valence-electron chi connectivity index (χ4n) is 3.02. The highest BCUT2D eigenvalue weighted by atomic mass is 32.1. The van der Waals surface area contributed by atoms with Gasteiger partial charge >= 0.3 is 0 Å². The molecule has 0 bridgehead atoms. The van der Waals surface area contributed by atoms with Gasteiger partial charge in [0.2, 0.25) is 0 Å². The third-order valence-corrected chi connectivity index (χ3v) is 5.19. The molecular weight excluding hydrogens is 404 g/mol. The number of furan rings is 1. The first-order chi connectivity index (χ1) is 14.6. The maximum atomic E-state index is 12.6. The standard InChI is InChI=1S/C22H20N2O5S/c1-4-28-17-7-5-6-13-10-18(29-20(13)17)15-12-30-22(23-15)24-21(25)14-8-9-16(26-2)19(11-14)27-3/h5-12H,4H2,1-3H3,(H,23,24,25). The minimum atomic E-state index is -0.292. The first kappa shape index (κ1) is 19.8. The molecule has 0 radical (unpaired) electrons. The summed E-state index contributed by atoms with van der Waals surface area (Å²) in [4.78, 5) is 17.1. The summed E-state index contributed by atoms with van der Waals surface area (Å²) in [5.41, 5.74) is 1.76. The number of hydrogen-bond donors (Lipinski definition) is 1. The van der Waals surface area contributed by atoms with Crippen LogP contribution in [0.2, 0.25) is 0 Å². The number of para-hydroxylation sites is 1. The van der Waals surface area contributed by atoms with E-state index in [4.69, 9.17) is 18.6 Å². The lowest BCUT2D eigenvalue weighted by Gasteiger charge is -2.09. The van der Waals surface area contributed by atoms with Crippen LogP contribution >= 0.6 is 11.3 Å². The summed E-state index contributed by atoms with van der Waals surface area (Å²) in [7, 11) is 3.07. The first-order valence-corrected chi connectivity index (χ1v) is 10.2. The van der Waals surface area contributed by atoms with Gasteiger partial charge in [-0.2, -0.15) is 0 Å². The van der Waals surface area contributed by atoms with Crippen LogP contribution in [0, 0.1) is 0 Å². The van der Waals surface area contributed by atoms with Gasteiger partial charge in [0, 0.05) is 16.3 Å². The van der Waals surface area contributed by atoms with Gasteiger partial charge in [-0.1, -0.05) is 12.1 Å². The van der Waals surface area contributed by atoms with Crippen molar-refractivity contribution in [1.29, 1.82) is 0 Å². The molecule has 0 atom stereocenters. The van der Waals surface area contributed by atoms with Crippen LogP contribution in [0.3, 0.4) is 0 Å². The Morgan fingerprint density at radius 2 is 1.93 bits per heavy atom. The molecule has 8 heteroatoms. The Bertz CT molecular complexity index is 1200. The maximum Gasteiger partial charge on any atom is 0.257 e. The predicted octanol–water partition coefficient (Wildman–Crippen LogP) is 5.22. The van der Waals surface area contributed by atoms with Gasteiger partial charge in [0.05, 0.1) is 20.8 Å². The van der Waals surface area contributed by atoms with Crippen LogP contribution in [-0.2, 0) is 0 Å². The molecule has 0 saturated heterocycles. The number of fused-ring (bicyclic) bond motifs is 1. The number of anilines is 1. The third kappa shape index (κ3) is 3.81. The van der Waals surface area contributed by atoms with Crippen molar-refractivity contribution >= 4 is 33.3 Å². The second kappa shape index (κ2) is 8.46. The van der Waals surface area contributed by atoms with E-state index in [-0.39, 0.29) is 5.91 Å². The number of aromatic nitrogens is 1. The fraction of sp³-hybridized carbons (Fsp3) is 0.182. The number of carbonyl (C=O) groups is 1. The lowest BCUT2D eigenvalue weighted by molar-refractivity contribution is 0.102. The van der Waals surface area contributed by atoms with Crippen molar-refractivity contribution in [3.8, 4) is 28.7 Å². The van der Waals surface area contributed by atoms with E-state index in [1.54, 1.807) is 25.3 Å². The Labute approximate surface area is 177 Å². The molecule has 2 aromatic carbocycles. The van der Waals surface area contributed by atoms with E-state index in [0.29, 0.717) is 51.6 Å². The summed E-state index contributed by atoms with van der Waals surface area (Å²) in [6, 6.07) is 12.6. The van der Waals surface area contributed by atoms with Gasteiger partial charge in [0.15, 0.2) is 33.7 Å². The number of hydrogen-bond acceptors (Lipinski definition) is 7. The van der Waals surface area contributed by atoms with E-state index in [9.17, 15) is 4.79 Å². The van der Waals surface area contributed by atoms with Crippen molar-refractivity contribution < 1.29 is 23.4 Å². The summed E-state index contributed by atoms with van der Waals surface area (Å²) < 4.78 is 22.1. The Morgan fingerprint density at radius 3 is 2.70 bits per heavy atom. The van der Waals surface area contributed by atoms with Crippen LogP contribution < -0.4 is 19.5 Å². The van der Waals surface area contributed by atoms with Gasteiger partial charge in [-0.3, -0.25) is 10.1 Å². The SMILES string of the molecule is CCOc1cccc2cc(-c3csc(NC(=O)c4ccc(OC)c(OC)c4)n3)oc12. The molecule has 0 unspecified atom stereocenters. The molecule has 30 heavy (non-hydrogen) atoms. The van der Waals surface area contributed by atoms with Crippen LogP contribution in [0.5, 0.6) is 17.2 Å². The molecule has 2 aromatic heterocycles. The zero-order valence-electron chi connectivity index (χ0n) is 16.7. The van der Waals surface area contributed by atoms with E-state index in [1.165, 1.54) is 18.4 Å². The van der Waals surface area contributed by atoms with E-state index in [2.05, 4.69) is 10.3 Å². The van der Waals surface area contributed by atoms with E-state index in [0.717, 1.165) is 5.39 Å². The molecule has 154 valence electrons. The summed E-state index contributed by atoms with van der Waals surface area (Å²) in [5.74, 6) is 2.05. The molecule has 0 aliphatic carbocycles. The van der Waals surface area contributed by atoms with Crippen molar-refractivity contribution in [3.05, 3.63) is 53.4 Å². The second-order valence-corrected chi connectivity index (χ2v) is 7.14. The predicted molar refractivity (Wildman–Crippen MR) is 116 cm³/mol. The van der Waals surface area contributed by atoms with Gasteiger partial charge in [-0.15, -0.1) is 11.3 Å². The van der Waals surface area contributed by atoms with Crippen LogP contribution in [0.15, 0.2) is 52.3 Å². The molecular formula is C22H20N2O5S. The molecule has 1 N–H and O–H groups in total. The molecule has 0 fully saturated rings. The second-order valence-electron chi connectivity index (χ2n) is 6.28. The normalized spacial score (nSPS) is 10.8. The van der Waals surface area contributed by atoms with Gasteiger partial charge in [-0.25, -0.2) is 4.98 Å². The summed E-state index contributed by atoms with van der Waals surface area (Å²) in [6.07, 6.45) is 0. The molecule has 4 rings (SSSR count). The minimum Gasteiger partial charge on any atom is -0.493 e. The number of amides is 1. The first-order valence-electron chi connectivity index (χ1n) is 9.27. The molecule has 0 saturated carbocycles. The third-order valence-electron chi connectivity index (χ3n) is 4.43. The average molecular weight is 424 g/mol. The van der Waals surface area contributed by atoms with Crippen molar-refractivity contribution in [2.75, 3.05) is 26.1 Å². The van der Waals surface area contributed by atoms with E-state index in [1.807, 2.05) is 36.6 Å².